The Balaban J connectivity index is 1.98. The summed E-state index contributed by atoms with van der Waals surface area (Å²) in [6.45, 7) is 6.37. The van der Waals surface area contributed by atoms with Gasteiger partial charge in [-0.2, -0.15) is 0 Å². The second-order valence-corrected chi connectivity index (χ2v) is 12.2. The molecule has 1 aliphatic heterocycles. The maximum atomic E-state index is 13.7. The molecule has 12 nitrogen and oxygen atoms in total. The van der Waals surface area contributed by atoms with Gasteiger partial charge < -0.3 is 44.2 Å². The molecule has 12 heteroatoms. The summed E-state index contributed by atoms with van der Waals surface area (Å²) in [7, 11) is 1.49. The predicted octanol–water partition coefficient (Wildman–Crippen LogP) is 4.12. The fourth-order valence-corrected chi connectivity index (χ4v) is 7.68. The lowest BCUT2D eigenvalue weighted by Crippen LogP contribution is -2.70. The first kappa shape index (κ1) is 36.7. The van der Waals surface area contributed by atoms with Crippen LogP contribution in [0, 0.1) is 17.8 Å². The number of aliphatic hydroxyl groups is 3. The second-order valence-electron chi connectivity index (χ2n) is 12.2. The monoisotopic (exact) mass is 660 g/mol. The van der Waals surface area contributed by atoms with Gasteiger partial charge in [-0.15, -0.1) is 6.58 Å². The second kappa shape index (κ2) is 17.8. The van der Waals surface area contributed by atoms with Crippen molar-refractivity contribution in [1.82, 2.24) is 4.90 Å². The Morgan fingerprint density at radius 3 is 2.57 bits per heavy atom. The summed E-state index contributed by atoms with van der Waals surface area (Å²) in [4.78, 5) is 20.7. The van der Waals surface area contributed by atoms with Gasteiger partial charge in [-0.1, -0.05) is 30.1 Å². The third kappa shape index (κ3) is 8.11. The van der Waals surface area contributed by atoms with E-state index in [1.165, 1.54) is 7.11 Å². The molecule has 1 aromatic rings. The maximum absolute atomic E-state index is 13.7. The van der Waals surface area contributed by atoms with Crippen LogP contribution < -0.4 is 4.74 Å². The third-order valence-electron chi connectivity index (χ3n) is 9.45. The van der Waals surface area contributed by atoms with Crippen LogP contribution in [0.2, 0.25) is 0 Å². The van der Waals surface area contributed by atoms with Crippen molar-refractivity contribution in [3.63, 3.8) is 0 Å². The van der Waals surface area contributed by atoms with Gasteiger partial charge in [-0.25, -0.2) is 4.79 Å². The lowest BCUT2D eigenvalue weighted by Gasteiger charge is -2.59. The summed E-state index contributed by atoms with van der Waals surface area (Å²) in [5.74, 6) is -1.32. The average Bonchev–Trinajstić information content (AvgIpc) is 3.06. The molecule has 0 unspecified atom stereocenters. The number of oxime groups is 1. The Hall–Kier alpha value is -3.16. The van der Waals surface area contributed by atoms with Gasteiger partial charge in [0, 0.05) is 37.7 Å². The molecule has 0 aromatic heterocycles. The van der Waals surface area contributed by atoms with Gasteiger partial charge in [-0.05, 0) is 68.2 Å². The van der Waals surface area contributed by atoms with Crippen LogP contribution in [-0.4, -0.2) is 109 Å². The van der Waals surface area contributed by atoms with E-state index in [0.29, 0.717) is 24.3 Å². The largest absolute Gasteiger partial charge is 0.508 e. The molecule has 1 saturated carbocycles. The van der Waals surface area contributed by atoms with Gasteiger partial charge in [0.2, 0.25) is 5.79 Å². The molecular weight excluding hydrogens is 608 g/mol. The molecule has 2 aliphatic carbocycles. The SMILES string of the molecule is C=CCO[C@@]12Oc3ccc(O)cc3[C@H]3[C@H](CCCCO)[C@@H](CCCCO)C=C(C(=NOC)C[C@@H]1N(CCOCCO)C(=O)OCC)[C@H]32. The molecule has 1 heterocycles. The van der Waals surface area contributed by atoms with Crippen LogP contribution in [0.1, 0.15) is 63.4 Å². The molecule has 0 bridgehead atoms. The molecule has 4 rings (SSSR count). The molecule has 1 aromatic carbocycles. The summed E-state index contributed by atoms with van der Waals surface area (Å²) in [6.07, 6.45) is 8.12. The first-order valence-electron chi connectivity index (χ1n) is 16.8. The maximum Gasteiger partial charge on any atom is 0.410 e. The number of ether oxygens (including phenoxy) is 4. The molecule has 4 N–H and O–H groups in total. The van der Waals surface area contributed by atoms with E-state index in [4.69, 9.17) is 23.8 Å². The minimum atomic E-state index is -1.42. The minimum absolute atomic E-state index is 0.0524. The number of hydrogen-bond donors (Lipinski definition) is 4. The zero-order valence-corrected chi connectivity index (χ0v) is 27.7. The number of phenolic OH excluding ortho intramolecular Hbond substituents is 1. The molecule has 0 saturated heterocycles. The number of hydrogen-bond acceptors (Lipinski definition) is 11. The topological polar surface area (TPSA) is 160 Å². The van der Waals surface area contributed by atoms with Crippen LogP contribution >= 0.6 is 0 Å². The molecule has 3 aliphatic rings. The smallest absolute Gasteiger partial charge is 0.410 e. The van der Waals surface area contributed by atoms with Crippen molar-refractivity contribution in [2.75, 3.05) is 59.9 Å². The van der Waals surface area contributed by atoms with Crippen molar-refractivity contribution in [3.8, 4) is 11.5 Å². The fourth-order valence-electron chi connectivity index (χ4n) is 7.68. The number of phenols is 1. The van der Waals surface area contributed by atoms with E-state index < -0.39 is 23.8 Å². The van der Waals surface area contributed by atoms with E-state index in [-0.39, 0.29) is 82.7 Å². The van der Waals surface area contributed by atoms with Crippen molar-refractivity contribution in [3.05, 3.63) is 48.1 Å². The zero-order chi connectivity index (χ0) is 33.8. The number of nitrogens with zero attached hydrogens (tertiary/aromatic N) is 2. The Morgan fingerprint density at radius 1 is 1.13 bits per heavy atom. The summed E-state index contributed by atoms with van der Waals surface area (Å²) < 4.78 is 24.9. The highest BCUT2D eigenvalue weighted by Crippen LogP contribution is 2.61. The number of unbranched alkanes of at least 4 members (excludes halogenated alkanes) is 2. The highest BCUT2D eigenvalue weighted by molar-refractivity contribution is 6.02. The normalized spacial score (nSPS) is 26.9. The Kier molecular flexibility index (Phi) is 13.9. The molecule has 1 amide bonds. The lowest BCUT2D eigenvalue weighted by molar-refractivity contribution is -0.256. The number of carbonyl (C=O) groups is 1. The number of rotatable bonds is 19. The molecule has 1 fully saturated rings. The van der Waals surface area contributed by atoms with Gasteiger partial charge in [0.1, 0.15) is 24.7 Å². The summed E-state index contributed by atoms with van der Waals surface area (Å²) in [5.41, 5.74) is 2.40. The third-order valence-corrected chi connectivity index (χ3v) is 9.45. The number of fused-ring (bicyclic) bond motifs is 2. The fraction of sp³-hybridized carbons (Fsp3) is 0.657. The summed E-state index contributed by atoms with van der Waals surface area (Å²) in [6, 6.07) is 4.34. The van der Waals surface area contributed by atoms with Gasteiger partial charge in [0.15, 0.2) is 0 Å². The Labute approximate surface area is 277 Å². The predicted molar refractivity (Wildman–Crippen MR) is 175 cm³/mol. The number of aliphatic hydroxyl groups excluding tert-OH is 3. The highest BCUT2D eigenvalue weighted by Gasteiger charge is 2.65. The molecule has 6 atom stereocenters. The number of allylic oxidation sites excluding steroid dienone is 1. The van der Waals surface area contributed by atoms with Gasteiger partial charge in [0.05, 0.1) is 44.7 Å². The van der Waals surface area contributed by atoms with Crippen molar-refractivity contribution < 1.29 is 49.0 Å². The number of carbonyl (C=O) groups excluding carboxylic acids is 1. The van der Waals surface area contributed by atoms with Crippen LogP contribution in [-0.2, 0) is 19.0 Å². The van der Waals surface area contributed by atoms with E-state index in [0.717, 1.165) is 36.8 Å². The number of amides is 1. The Morgan fingerprint density at radius 2 is 1.89 bits per heavy atom. The van der Waals surface area contributed by atoms with E-state index in [9.17, 15) is 25.2 Å². The molecular formula is C35H52N2O10. The van der Waals surface area contributed by atoms with Crippen LogP contribution in [0.3, 0.4) is 0 Å². The first-order valence-corrected chi connectivity index (χ1v) is 16.8. The van der Waals surface area contributed by atoms with Gasteiger partial charge in [0.25, 0.3) is 0 Å². The lowest BCUT2D eigenvalue weighted by atomic mass is 9.55. The number of benzene rings is 1. The zero-order valence-electron chi connectivity index (χ0n) is 27.7. The highest BCUT2D eigenvalue weighted by atomic mass is 16.7. The van der Waals surface area contributed by atoms with Crippen molar-refractivity contribution in [2.24, 2.45) is 22.9 Å². The molecule has 262 valence electrons. The molecule has 47 heavy (non-hydrogen) atoms. The summed E-state index contributed by atoms with van der Waals surface area (Å²) in [5, 5.41) is 43.9. The molecule has 0 spiro atoms. The van der Waals surface area contributed by atoms with Gasteiger partial charge in [-0.3, -0.25) is 4.90 Å². The van der Waals surface area contributed by atoms with Crippen molar-refractivity contribution in [1.29, 1.82) is 0 Å². The number of aromatic hydroxyl groups is 1. The van der Waals surface area contributed by atoms with E-state index >= 15 is 0 Å². The molecule has 0 radical (unpaired) electrons. The van der Waals surface area contributed by atoms with E-state index in [1.807, 2.05) is 0 Å². The Bertz CT molecular complexity index is 1240. The van der Waals surface area contributed by atoms with Crippen LogP contribution in [0.25, 0.3) is 0 Å². The van der Waals surface area contributed by atoms with Crippen molar-refractivity contribution >= 4 is 11.8 Å². The minimum Gasteiger partial charge on any atom is -0.508 e. The first-order chi connectivity index (χ1) is 22.9. The van der Waals surface area contributed by atoms with E-state index in [1.54, 1.807) is 36.1 Å². The van der Waals surface area contributed by atoms with Crippen LogP contribution in [0.15, 0.2) is 47.7 Å². The summed E-state index contributed by atoms with van der Waals surface area (Å²) >= 11 is 0. The average molecular weight is 661 g/mol. The van der Waals surface area contributed by atoms with Crippen LogP contribution in [0.5, 0.6) is 11.5 Å². The van der Waals surface area contributed by atoms with E-state index in [2.05, 4.69) is 17.8 Å². The standard InChI is InChI=1S/C35H52N2O10/c1-4-18-46-35-31(37(34(42)45-5-2)14-19-44-20-17-40)23-29(36-43-3)27-21-24(10-6-8-15-38)26(11-7-9-16-39)32(33(27)35)28-22-25(41)12-13-30(28)47-35/h4,12-13,21-22,24,26,31-33,38-41H,1,5-11,14-20,23H2,2-3H3/t24-,26+,31-,32+,33+,35+/m0/s1. The van der Waals surface area contributed by atoms with Crippen LogP contribution in [0.4, 0.5) is 4.79 Å². The quantitative estimate of drug-likeness (QED) is 0.0966. The van der Waals surface area contributed by atoms with Gasteiger partial charge >= 0.3 is 6.09 Å². The van der Waals surface area contributed by atoms with Crippen molar-refractivity contribution in [2.45, 2.75) is 69.6 Å².